The highest BCUT2D eigenvalue weighted by Crippen LogP contribution is 2.24. The standard InChI is InChI=1S/C13H19BrN2O3/c1-13(2,3)19-12(17)16-10-6-9(10)15-7-11-8(14)4-5-18-11/h4-5,9-10,15H,6-7H2,1-3H3,(H,16,17). The Labute approximate surface area is 121 Å². The van der Waals surface area contributed by atoms with Gasteiger partial charge in [-0.3, -0.25) is 0 Å². The first-order valence-electron chi connectivity index (χ1n) is 6.30. The third-order valence-corrected chi connectivity index (χ3v) is 3.41. The lowest BCUT2D eigenvalue weighted by Crippen LogP contribution is -2.36. The topological polar surface area (TPSA) is 63.5 Å². The summed E-state index contributed by atoms with van der Waals surface area (Å²) in [7, 11) is 0. The molecule has 6 heteroatoms. The molecule has 1 saturated carbocycles. The largest absolute Gasteiger partial charge is 0.467 e. The van der Waals surface area contributed by atoms with Crippen molar-refractivity contribution in [3.63, 3.8) is 0 Å². The number of nitrogens with one attached hydrogen (secondary N) is 2. The van der Waals surface area contributed by atoms with E-state index in [1.165, 1.54) is 0 Å². The maximum Gasteiger partial charge on any atom is 0.407 e. The summed E-state index contributed by atoms with van der Waals surface area (Å²) in [6, 6.07) is 2.29. The predicted molar refractivity (Wildman–Crippen MR) is 74.8 cm³/mol. The highest BCUT2D eigenvalue weighted by molar-refractivity contribution is 9.10. The van der Waals surface area contributed by atoms with Crippen molar-refractivity contribution < 1.29 is 13.9 Å². The van der Waals surface area contributed by atoms with E-state index < -0.39 is 5.60 Å². The van der Waals surface area contributed by atoms with Crippen molar-refractivity contribution >= 4 is 22.0 Å². The average molecular weight is 331 g/mol. The molecule has 0 radical (unpaired) electrons. The Hall–Kier alpha value is -1.01. The minimum absolute atomic E-state index is 0.142. The van der Waals surface area contributed by atoms with E-state index in [-0.39, 0.29) is 18.2 Å². The van der Waals surface area contributed by atoms with Gasteiger partial charge in [0, 0.05) is 12.1 Å². The summed E-state index contributed by atoms with van der Waals surface area (Å²) >= 11 is 3.40. The molecule has 0 aliphatic heterocycles. The predicted octanol–water partition coefficient (Wildman–Crippen LogP) is 2.80. The second kappa shape index (κ2) is 5.54. The number of carbonyl (C=O) groups is 1. The number of carbonyl (C=O) groups excluding carboxylic acids is 1. The van der Waals surface area contributed by atoms with E-state index in [1.807, 2.05) is 26.8 Å². The van der Waals surface area contributed by atoms with E-state index in [4.69, 9.17) is 9.15 Å². The van der Waals surface area contributed by atoms with Crippen molar-refractivity contribution in [1.82, 2.24) is 10.6 Å². The van der Waals surface area contributed by atoms with E-state index in [0.29, 0.717) is 6.54 Å². The van der Waals surface area contributed by atoms with Crippen LogP contribution in [-0.4, -0.2) is 23.8 Å². The van der Waals surface area contributed by atoms with Crippen LogP contribution in [0, 0.1) is 0 Å². The molecule has 2 rings (SSSR count). The molecule has 2 unspecified atom stereocenters. The molecule has 1 amide bonds. The van der Waals surface area contributed by atoms with Gasteiger partial charge in [0.2, 0.25) is 0 Å². The van der Waals surface area contributed by atoms with Gasteiger partial charge in [-0.05, 0) is 49.2 Å². The first kappa shape index (κ1) is 14.4. The summed E-state index contributed by atoms with van der Waals surface area (Å²) in [6.07, 6.45) is 2.20. The molecule has 1 aliphatic carbocycles. The summed E-state index contributed by atoms with van der Waals surface area (Å²) in [6.45, 7) is 6.20. The van der Waals surface area contributed by atoms with Crippen LogP contribution in [-0.2, 0) is 11.3 Å². The fourth-order valence-corrected chi connectivity index (χ4v) is 2.06. The van der Waals surface area contributed by atoms with Crippen molar-refractivity contribution in [3.8, 4) is 0 Å². The Morgan fingerprint density at radius 3 is 2.84 bits per heavy atom. The molecular formula is C13H19BrN2O3. The van der Waals surface area contributed by atoms with Gasteiger partial charge in [0.25, 0.3) is 0 Å². The molecule has 5 nitrogen and oxygen atoms in total. The Morgan fingerprint density at radius 2 is 2.26 bits per heavy atom. The molecule has 2 atom stereocenters. The molecule has 2 N–H and O–H groups in total. The zero-order valence-corrected chi connectivity index (χ0v) is 12.9. The monoisotopic (exact) mass is 330 g/mol. The van der Waals surface area contributed by atoms with Crippen LogP contribution in [0.1, 0.15) is 33.0 Å². The molecule has 0 saturated heterocycles. The zero-order valence-electron chi connectivity index (χ0n) is 11.3. The van der Waals surface area contributed by atoms with Gasteiger partial charge < -0.3 is 19.8 Å². The number of halogens is 1. The van der Waals surface area contributed by atoms with Crippen molar-refractivity contribution in [2.45, 2.75) is 51.4 Å². The van der Waals surface area contributed by atoms with Crippen LogP contribution < -0.4 is 10.6 Å². The van der Waals surface area contributed by atoms with Crippen LogP contribution in [0.25, 0.3) is 0 Å². The van der Waals surface area contributed by atoms with Gasteiger partial charge in [0.15, 0.2) is 0 Å². The first-order valence-corrected chi connectivity index (χ1v) is 7.09. The number of hydrogen-bond acceptors (Lipinski definition) is 4. The molecule has 0 aromatic carbocycles. The maximum atomic E-state index is 11.6. The van der Waals surface area contributed by atoms with Crippen molar-refractivity contribution in [1.29, 1.82) is 0 Å². The highest BCUT2D eigenvalue weighted by Gasteiger charge is 2.39. The fourth-order valence-electron chi connectivity index (χ4n) is 1.71. The average Bonchev–Trinajstić information content (AvgIpc) is 2.85. The van der Waals surface area contributed by atoms with E-state index in [1.54, 1.807) is 6.26 Å². The lowest BCUT2D eigenvalue weighted by Gasteiger charge is -2.19. The number of amides is 1. The summed E-state index contributed by atoms with van der Waals surface area (Å²) < 4.78 is 11.5. The molecule has 19 heavy (non-hydrogen) atoms. The number of ether oxygens (including phenoxy) is 1. The van der Waals surface area contributed by atoms with Crippen LogP contribution in [0.15, 0.2) is 21.2 Å². The molecule has 0 bridgehead atoms. The second-order valence-electron chi connectivity index (χ2n) is 5.67. The quantitative estimate of drug-likeness (QED) is 0.891. The SMILES string of the molecule is CC(C)(C)OC(=O)NC1CC1NCc1occc1Br. The number of alkyl carbamates (subject to hydrolysis) is 1. The van der Waals surface area contributed by atoms with Crippen LogP contribution in [0.3, 0.4) is 0 Å². The van der Waals surface area contributed by atoms with Gasteiger partial charge in [-0.25, -0.2) is 4.79 Å². The van der Waals surface area contributed by atoms with Crippen molar-refractivity contribution in [2.75, 3.05) is 0 Å². The zero-order chi connectivity index (χ0) is 14.0. The van der Waals surface area contributed by atoms with Crippen LogP contribution in [0.4, 0.5) is 4.79 Å². The minimum Gasteiger partial charge on any atom is -0.467 e. The van der Waals surface area contributed by atoms with E-state index in [0.717, 1.165) is 16.7 Å². The number of hydrogen-bond donors (Lipinski definition) is 2. The van der Waals surface area contributed by atoms with Crippen molar-refractivity contribution in [2.24, 2.45) is 0 Å². The van der Waals surface area contributed by atoms with Gasteiger partial charge in [-0.1, -0.05) is 0 Å². The molecule has 1 heterocycles. The Balaban J connectivity index is 1.68. The van der Waals surface area contributed by atoms with Crippen LogP contribution in [0.5, 0.6) is 0 Å². The molecule has 1 aromatic rings. The third kappa shape index (κ3) is 4.54. The second-order valence-corrected chi connectivity index (χ2v) is 6.52. The first-order chi connectivity index (χ1) is 8.85. The van der Waals surface area contributed by atoms with E-state index in [9.17, 15) is 4.79 Å². The molecule has 1 fully saturated rings. The lowest BCUT2D eigenvalue weighted by molar-refractivity contribution is 0.0522. The van der Waals surface area contributed by atoms with Crippen molar-refractivity contribution in [3.05, 3.63) is 22.6 Å². The Morgan fingerprint density at radius 1 is 1.53 bits per heavy atom. The number of rotatable bonds is 4. The summed E-state index contributed by atoms with van der Waals surface area (Å²) in [5, 5.41) is 6.16. The highest BCUT2D eigenvalue weighted by atomic mass is 79.9. The number of furan rings is 1. The molecule has 0 spiro atoms. The maximum absolute atomic E-state index is 11.6. The normalized spacial score (nSPS) is 22.1. The third-order valence-electron chi connectivity index (χ3n) is 2.71. The molecule has 1 aromatic heterocycles. The van der Waals surface area contributed by atoms with E-state index in [2.05, 4.69) is 26.6 Å². The van der Waals surface area contributed by atoms with Crippen LogP contribution >= 0.6 is 15.9 Å². The van der Waals surface area contributed by atoms with Gasteiger partial charge in [-0.2, -0.15) is 0 Å². The Bertz CT molecular complexity index is 453. The molecule has 1 aliphatic rings. The molecule has 106 valence electrons. The summed E-state index contributed by atoms with van der Waals surface area (Å²) in [5.41, 5.74) is -0.457. The van der Waals surface area contributed by atoms with Gasteiger partial charge in [-0.15, -0.1) is 0 Å². The fraction of sp³-hybridized carbons (Fsp3) is 0.615. The lowest BCUT2D eigenvalue weighted by atomic mass is 10.2. The van der Waals surface area contributed by atoms with Crippen LogP contribution in [0.2, 0.25) is 0 Å². The smallest absolute Gasteiger partial charge is 0.407 e. The van der Waals surface area contributed by atoms with E-state index >= 15 is 0 Å². The molecular weight excluding hydrogens is 312 g/mol. The summed E-state index contributed by atoms with van der Waals surface area (Å²) in [5.74, 6) is 0.864. The summed E-state index contributed by atoms with van der Waals surface area (Å²) in [4.78, 5) is 11.6. The minimum atomic E-state index is -0.457. The Kier molecular flexibility index (Phi) is 4.20. The van der Waals surface area contributed by atoms with Gasteiger partial charge in [0.1, 0.15) is 11.4 Å². The van der Waals surface area contributed by atoms with Gasteiger partial charge >= 0.3 is 6.09 Å². The van der Waals surface area contributed by atoms with Gasteiger partial charge in [0.05, 0.1) is 17.3 Å².